The Labute approximate surface area is 258 Å². The highest BCUT2D eigenvalue weighted by Crippen LogP contribution is 2.22. The molecule has 1 N–H and O–H groups in total. The van der Waals surface area contributed by atoms with Gasteiger partial charge in [0.25, 0.3) is 5.56 Å². The minimum Gasteiger partial charge on any atom is -0.366 e. The number of hydrogen-bond donors (Lipinski definition) is 1. The molecule has 5 aromatic rings. The van der Waals surface area contributed by atoms with Crippen molar-refractivity contribution in [2.24, 2.45) is 0 Å². The van der Waals surface area contributed by atoms with Gasteiger partial charge in [-0.05, 0) is 68.6 Å². The molecule has 9 nitrogen and oxygen atoms in total. The Morgan fingerprint density at radius 3 is 2.57 bits per heavy atom. The molecule has 0 bridgehead atoms. The predicted molar refractivity (Wildman–Crippen MR) is 175 cm³/mol. The fourth-order valence-corrected chi connectivity index (χ4v) is 6.33. The van der Waals surface area contributed by atoms with Crippen LogP contribution in [0.3, 0.4) is 0 Å². The first-order valence-electron chi connectivity index (χ1n) is 15.7. The molecule has 1 amide bonds. The highest BCUT2D eigenvalue weighted by atomic mass is 16.1. The first-order chi connectivity index (χ1) is 21.5. The fourth-order valence-electron chi connectivity index (χ4n) is 6.33. The van der Waals surface area contributed by atoms with Crippen molar-refractivity contribution in [1.82, 2.24) is 29.4 Å². The summed E-state index contributed by atoms with van der Waals surface area (Å²) in [4.78, 5) is 31.2. The number of benzene rings is 3. The highest BCUT2D eigenvalue weighted by molar-refractivity contribution is 5.80. The van der Waals surface area contributed by atoms with Crippen molar-refractivity contribution < 1.29 is 4.79 Å². The lowest BCUT2D eigenvalue weighted by Crippen LogP contribution is -2.52. The fraction of sp³-hybridized carbons (Fsp3) is 0.371. The second-order valence-electron chi connectivity index (χ2n) is 11.8. The third-order valence-electron chi connectivity index (χ3n) is 8.64. The summed E-state index contributed by atoms with van der Waals surface area (Å²) in [7, 11) is 0. The average molecular weight is 592 g/mol. The maximum Gasteiger partial charge on any atom is 0.262 e. The SMILES string of the molecule is Cc1cccc(N2CCN(CCCNC(=O)CCc3nnc4n(CCc5ccccc5)c(=O)c5ccccc5n34)C[C@H]2C)c1. The second kappa shape index (κ2) is 13.4. The van der Waals surface area contributed by atoms with Gasteiger partial charge in [-0.15, -0.1) is 10.2 Å². The first-order valence-corrected chi connectivity index (χ1v) is 15.7. The van der Waals surface area contributed by atoms with Crippen molar-refractivity contribution >= 4 is 28.3 Å². The first kappa shape index (κ1) is 29.6. The summed E-state index contributed by atoms with van der Waals surface area (Å²) in [6.07, 6.45) is 2.37. The molecular weight excluding hydrogens is 550 g/mol. The van der Waals surface area contributed by atoms with Crippen LogP contribution in [0.15, 0.2) is 83.7 Å². The van der Waals surface area contributed by atoms with Gasteiger partial charge < -0.3 is 10.2 Å². The Balaban J connectivity index is 1.03. The monoisotopic (exact) mass is 591 g/mol. The normalized spacial score (nSPS) is 15.7. The zero-order valence-electron chi connectivity index (χ0n) is 25.7. The number of para-hydroxylation sites is 1. The second-order valence-corrected chi connectivity index (χ2v) is 11.8. The van der Waals surface area contributed by atoms with E-state index in [1.165, 1.54) is 11.3 Å². The van der Waals surface area contributed by atoms with Crippen LogP contribution in [0.5, 0.6) is 0 Å². The van der Waals surface area contributed by atoms with Gasteiger partial charge in [0.2, 0.25) is 11.7 Å². The topological polar surface area (TPSA) is 87.8 Å². The average Bonchev–Trinajstić information content (AvgIpc) is 3.46. The molecular formula is C35H41N7O2. The Hall–Kier alpha value is -4.50. The Kier molecular flexibility index (Phi) is 9.02. The molecule has 6 rings (SSSR count). The van der Waals surface area contributed by atoms with E-state index in [1.807, 2.05) is 46.9 Å². The molecule has 2 aromatic heterocycles. The van der Waals surface area contributed by atoms with Crippen LogP contribution in [0.4, 0.5) is 5.69 Å². The van der Waals surface area contributed by atoms with Crippen LogP contribution in [0.25, 0.3) is 16.7 Å². The van der Waals surface area contributed by atoms with Gasteiger partial charge in [0, 0.05) is 57.3 Å². The third-order valence-corrected chi connectivity index (χ3v) is 8.64. The highest BCUT2D eigenvalue weighted by Gasteiger charge is 2.23. The van der Waals surface area contributed by atoms with Gasteiger partial charge in [-0.3, -0.25) is 23.5 Å². The molecule has 0 unspecified atom stereocenters. The number of nitrogens with zero attached hydrogens (tertiary/aromatic N) is 6. The van der Waals surface area contributed by atoms with Gasteiger partial charge in [-0.1, -0.05) is 54.6 Å². The van der Waals surface area contributed by atoms with Crippen LogP contribution in [0, 0.1) is 6.92 Å². The smallest absolute Gasteiger partial charge is 0.262 e. The number of piperazine rings is 1. The molecule has 1 atom stereocenters. The zero-order valence-corrected chi connectivity index (χ0v) is 25.7. The van der Waals surface area contributed by atoms with E-state index in [4.69, 9.17) is 0 Å². The number of anilines is 1. The number of aryl methyl sites for hydroxylation is 4. The summed E-state index contributed by atoms with van der Waals surface area (Å²) >= 11 is 0. The van der Waals surface area contributed by atoms with E-state index in [0.717, 1.165) is 43.7 Å². The van der Waals surface area contributed by atoms with Crippen molar-refractivity contribution in [3.05, 3.63) is 106 Å². The molecule has 1 saturated heterocycles. The lowest BCUT2D eigenvalue weighted by molar-refractivity contribution is -0.121. The Bertz CT molecular complexity index is 1800. The largest absolute Gasteiger partial charge is 0.366 e. The summed E-state index contributed by atoms with van der Waals surface area (Å²) in [5.41, 5.74) is 4.43. The maximum absolute atomic E-state index is 13.4. The molecule has 1 aliphatic heterocycles. The molecule has 9 heteroatoms. The molecule has 0 aliphatic carbocycles. The van der Waals surface area contributed by atoms with Crippen LogP contribution in [-0.4, -0.2) is 68.7 Å². The summed E-state index contributed by atoms with van der Waals surface area (Å²) in [5.74, 6) is 1.19. The minimum absolute atomic E-state index is 0.00101. The van der Waals surface area contributed by atoms with Crippen LogP contribution in [0.2, 0.25) is 0 Å². The molecule has 1 aliphatic rings. The molecule has 3 heterocycles. The zero-order chi connectivity index (χ0) is 30.5. The van der Waals surface area contributed by atoms with Gasteiger partial charge in [0.1, 0.15) is 5.82 Å². The molecule has 44 heavy (non-hydrogen) atoms. The number of amides is 1. The number of carbonyl (C=O) groups is 1. The van der Waals surface area contributed by atoms with Gasteiger partial charge in [0.05, 0.1) is 10.9 Å². The summed E-state index contributed by atoms with van der Waals surface area (Å²) in [5, 5.41) is 12.6. The summed E-state index contributed by atoms with van der Waals surface area (Å²) in [6, 6.07) is 26.8. The van der Waals surface area contributed by atoms with Crippen molar-refractivity contribution in [1.29, 1.82) is 0 Å². The van der Waals surface area contributed by atoms with E-state index in [9.17, 15) is 9.59 Å². The van der Waals surface area contributed by atoms with Crippen LogP contribution < -0.4 is 15.8 Å². The van der Waals surface area contributed by atoms with E-state index in [2.05, 4.69) is 75.6 Å². The lowest BCUT2D eigenvalue weighted by Gasteiger charge is -2.41. The van der Waals surface area contributed by atoms with E-state index in [0.29, 0.717) is 55.4 Å². The summed E-state index contributed by atoms with van der Waals surface area (Å²) < 4.78 is 3.64. The van der Waals surface area contributed by atoms with Gasteiger partial charge in [0.15, 0.2) is 0 Å². The van der Waals surface area contributed by atoms with E-state index in [-0.39, 0.29) is 11.5 Å². The predicted octanol–water partition coefficient (Wildman–Crippen LogP) is 4.24. The number of nitrogens with one attached hydrogen (secondary N) is 1. The van der Waals surface area contributed by atoms with Crippen LogP contribution >= 0.6 is 0 Å². The third kappa shape index (κ3) is 6.53. The Morgan fingerprint density at radius 2 is 1.75 bits per heavy atom. The molecule has 3 aromatic carbocycles. The molecule has 0 saturated carbocycles. The number of aromatic nitrogens is 4. The van der Waals surface area contributed by atoms with E-state index in [1.54, 1.807) is 4.57 Å². The number of fused-ring (bicyclic) bond motifs is 3. The number of rotatable bonds is 11. The van der Waals surface area contributed by atoms with Gasteiger partial charge in [-0.25, -0.2) is 0 Å². The number of carbonyl (C=O) groups excluding carboxylic acids is 1. The summed E-state index contributed by atoms with van der Waals surface area (Å²) in [6.45, 7) is 9.59. The van der Waals surface area contributed by atoms with E-state index >= 15 is 0 Å². The molecule has 228 valence electrons. The maximum atomic E-state index is 13.4. The van der Waals surface area contributed by atoms with Crippen molar-refractivity contribution in [3.63, 3.8) is 0 Å². The van der Waals surface area contributed by atoms with Crippen LogP contribution in [-0.2, 0) is 24.2 Å². The molecule has 1 fully saturated rings. The molecule has 0 radical (unpaired) electrons. The quantitative estimate of drug-likeness (QED) is 0.231. The van der Waals surface area contributed by atoms with Crippen LogP contribution in [0.1, 0.15) is 36.7 Å². The lowest BCUT2D eigenvalue weighted by atomic mass is 10.1. The van der Waals surface area contributed by atoms with E-state index < -0.39 is 0 Å². The number of hydrogen-bond acceptors (Lipinski definition) is 6. The van der Waals surface area contributed by atoms with Crippen molar-refractivity contribution in [3.8, 4) is 0 Å². The van der Waals surface area contributed by atoms with Gasteiger partial charge in [-0.2, -0.15) is 0 Å². The van der Waals surface area contributed by atoms with Crippen molar-refractivity contribution in [2.75, 3.05) is 37.6 Å². The minimum atomic E-state index is -0.0771. The standard InChI is InChI=1S/C35H41N7O2/c1-26-10-8-13-29(24-26)40-23-22-39(25-27(40)2)20-9-19-36-33(43)17-16-32-37-38-35-41(21-18-28-11-4-3-5-12-28)34(44)30-14-6-7-15-31(30)42(32)35/h3-8,10-15,24,27H,9,16-23,25H2,1-2H3,(H,36,43)/t27-/m1/s1. The van der Waals surface area contributed by atoms with Crippen molar-refractivity contribution in [2.45, 2.75) is 52.1 Å². The molecule has 0 spiro atoms. The van der Waals surface area contributed by atoms with Gasteiger partial charge >= 0.3 is 0 Å². The Morgan fingerprint density at radius 1 is 0.932 bits per heavy atom.